The molecule has 5 aromatic rings. The van der Waals surface area contributed by atoms with Crippen LogP contribution in [0.1, 0.15) is 16.7 Å². The van der Waals surface area contributed by atoms with Crippen molar-refractivity contribution in [1.82, 2.24) is 14.9 Å². The van der Waals surface area contributed by atoms with Crippen LogP contribution in [0, 0.1) is 0 Å². The molecule has 0 aliphatic carbocycles. The van der Waals surface area contributed by atoms with Gasteiger partial charge in [0.2, 0.25) is 0 Å². The second-order valence-electron chi connectivity index (χ2n) is 9.12. The normalized spacial score (nSPS) is 19.3. The number of ether oxygens (including phenoxy) is 2. The smallest absolute Gasteiger partial charge is 0.257 e. The standard InChI is InChI=1S/C29H22BrN3O3/c1-35-17-12-10-16(11-13-17)15-33-28(34)24(20-14-31-21-8-4-2-6-18(20)21)25(26-29(33)36-26)23-19-7-3-5-9-22(19)32-27(23)30/h2-14,26,29,31-32H,15H2,1H3. The van der Waals surface area contributed by atoms with Gasteiger partial charge in [-0.1, -0.05) is 48.5 Å². The number of nitrogens with zero attached hydrogens (tertiary/aromatic N) is 1. The number of aromatic amines is 2. The number of carbonyl (C=O) groups is 1. The fourth-order valence-electron chi connectivity index (χ4n) is 5.34. The third-order valence-electron chi connectivity index (χ3n) is 7.10. The van der Waals surface area contributed by atoms with Crippen LogP contribution in [0.3, 0.4) is 0 Å². The van der Waals surface area contributed by atoms with Crippen LogP contribution in [-0.2, 0) is 16.1 Å². The number of rotatable bonds is 5. The highest BCUT2D eigenvalue weighted by Gasteiger charge is 2.55. The number of amides is 1. The van der Waals surface area contributed by atoms with Crippen LogP contribution in [0.15, 0.2) is 83.6 Å². The fourth-order valence-corrected chi connectivity index (χ4v) is 5.98. The Labute approximate surface area is 215 Å². The number of hydrogen-bond donors (Lipinski definition) is 2. The molecule has 1 fully saturated rings. The van der Waals surface area contributed by atoms with Crippen LogP contribution >= 0.6 is 15.9 Å². The number of hydrogen-bond acceptors (Lipinski definition) is 3. The summed E-state index contributed by atoms with van der Waals surface area (Å²) in [7, 11) is 1.65. The van der Waals surface area contributed by atoms with Crippen molar-refractivity contribution in [3.63, 3.8) is 0 Å². The van der Waals surface area contributed by atoms with E-state index in [4.69, 9.17) is 9.47 Å². The highest BCUT2D eigenvalue weighted by molar-refractivity contribution is 9.10. The van der Waals surface area contributed by atoms with Crippen molar-refractivity contribution in [3.05, 3.63) is 100 Å². The second kappa shape index (κ2) is 8.11. The molecular formula is C29H22BrN3O3. The van der Waals surface area contributed by atoms with E-state index in [-0.39, 0.29) is 18.2 Å². The van der Waals surface area contributed by atoms with E-state index < -0.39 is 0 Å². The Kier molecular flexibility index (Phi) is 4.84. The highest BCUT2D eigenvalue weighted by atomic mass is 79.9. The average Bonchev–Trinajstić information content (AvgIpc) is 3.47. The van der Waals surface area contributed by atoms with E-state index in [2.05, 4.69) is 38.0 Å². The molecule has 178 valence electrons. The molecule has 2 aliphatic heterocycles. The maximum absolute atomic E-state index is 14.3. The van der Waals surface area contributed by atoms with Gasteiger partial charge in [0, 0.05) is 51.2 Å². The van der Waals surface area contributed by atoms with Gasteiger partial charge < -0.3 is 24.3 Å². The van der Waals surface area contributed by atoms with Crippen molar-refractivity contribution in [1.29, 1.82) is 0 Å². The maximum Gasteiger partial charge on any atom is 0.257 e. The summed E-state index contributed by atoms with van der Waals surface area (Å²) >= 11 is 3.74. The molecule has 36 heavy (non-hydrogen) atoms. The van der Waals surface area contributed by atoms with E-state index >= 15 is 0 Å². The Hall–Kier alpha value is -3.81. The summed E-state index contributed by atoms with van der Waals surface area (Å²) in [6.07, 6.45) is 1.43. The summed E-state index contributed by atoms with van der Waals surface area (Å²) in [5.41, 5.74) is 6.48. The van der Waals surface area contributed by atoms with Crippen molar-refractivity contribution >= 4 is 54.8 Å². The Balaban J connectivity index is 1.43. The molecule has 2 atom stereocenters. The van der Waals surface area contributed by atoms with Gasteiger partial charge in [0.05, 0.1) is 17.3 Å². The molecule has 4 heterocycles. The molecule has 3 aromatic carbocycles. The molecular weight excluding hydrogens is 518 g/mol. The summed E-state index contributed by atoms with van der Waals surface area (Å²) < 4.78 is 12.4. The molecule has 0 radical (unpaired) electrons. The number of halogens is 1. The molecule has 1 amide bonds. The van der Waals surface area contributed by atoms with E-state index in [9.17, 15) is 4.79 Å². The van der Waals surface area contributed by atoms with Gasteiger partial charge >= 0.3 is 0 Å². The number of aromatic nitrogens is 2. The number of epoxide rings is 1. The Morgan fingerprint density at radius 2 is 1.69 bits per heavy atom. The largest absolute Gasteiger partial charge is 0.497 e. The Bertz CT molecular complexity index is 1680. The minimum Gasteiger partial charge on any atom is -0.497 e. The van der Waals surface area contributed by atoms with Crippen LogP contribution < -0.4 is 4.74 Å². The van der Waals surface area contributed by atoms with E-state index in [0.29, 0.717) is 12.1 Å². The lowest BCUT2D eigenvalue weighted by Gasteiger charge is -2.28. The molecule has 2 N–H and O–H groups in total. The summed E-state index contributed by atoms with van der Waals surface area (Å²) in [5, 5.41) is 2.07. The van der Waals surface area contributed by atoms with Gasteiger partial charge in [0.15, 0.2) is 6.23 Å². The number of carbonyl (C=O) groups excluding carboxylic acids is 1. The van der Waals surface area contributed by atoms with Gasteiger partial charge in [-0.25, -0.2) is 0 Å². The van der Waals surface area contributed by atoms with E-state index in [1.165, 1.54) is 0 Å². The first-order valence-corrected chi connectivity index (χ1v) is 12.6. The molecule has 2 unspecified atom stereocenters. The number of para-hydroxylation sites is 2. The molecule has 0 saturated carbocycles. The third kappa shape index (κ3) is 3.23. The molecule has 7 rings (SSSR count). The molecule has 2 aromatic heterocycles. The Morgan fingerprint density at radius 1 is 0.972 bits per heavy atom. The molecule has 0 bridgehead atoms. The molecule has 1 saturated heterocycles. The van der Waals surface area contributed by atoms with Crippen LogP contribution in [0.5, 0.6) is 5.75 Å². The summed E-state index contributed by atoms with van der Waals surface area (Å²) in [6, 6.07) is 24.0. The summed E-state index contributed by atoms with van der Waals surface area (Å²) in [6.45, 7) is 0.457. The molecule has 0 spiro atoms. The zero-order chi connectivity index (χ0) is 24.4. The van der Waals surface area contributed by atoms with Crippen LogP contribution in [0.4, 0.5) is 0 Å². The van der Waals surface area contributed by atoms with Gasteiger partial charge in [-0.3, -0.25) is 4.79 Å². The van der Waals surface area contributed by atoms with Crippen LogP contribution in [0.2, 0.25) is 0 Å². The molecule has 6 nitrogen and oxygen atoms in total. The monoisotopic (exact) mass is 539 g/mol. The number of fused-ring (bicyclic) bond motifs is 3. The van der Waals surface area contributed by atoms with Crippen molar-refractivity contribution in [2.75, 3.05) is 7.11 Å². The fraction of sp³-hybridized carbons (Fsp3) is 0.138. The lowest BCUT2D eigenvalue weighted by Crippen LogP contribution is -2.38. The van der Waals surface area contributed by atoms with E-state index in [1.807, 2.05) is 71.8 Å². The number of benzene rings is 3. The lowest BCUT2D eigenvalue weighted by atomic mass is 9.88. The van der Waals surface area contributed by atoms with Crippen LogP contribution in [-0.4, -0.2) is 40.2 Å². The first-order valence-electron chi connectivity index (χ1n) is 11.8. The topological polar surface area (TPSA) is 73.6 Å². The number of methoxy groups -OCH3 is 1. The van der Waals surface area contributed by atoms with Gasteiger partial charge in [-0.15, -0.1) is 0 Å². The molecule has 7 heteroatoms. The quantitative estimate of drug-likeness (QED) is 0.265. The van der Waals surface area contributed by atoms with Crippen molar-refractivity contribution < 1.29 is 14.3 Å². The minimum atomic E-state index is -0.302. The lowest BCUT2D eigenvalue weighted by molar-refractivity contribution is -0.127. The second-order valence-corrected chi connectivity index (χ2v) is 9.92. The number of H-pyrrole nitrogens is 2. The first-order chi connectivity index (χ1) is 17.6. The summed E-state index contributed by atoms with van der Waals surface area (Å²) in [5.74, 6) is 0.747. The predicted molar refractivity (Wildman–Crippen MR) is 143 cm³/mol. The van der Waals surface area contributed by atoms with E-state index in [0.717, 1.165) is 54.4 Å². The highest BCUT2D eigenvalue weighted by Crippen LogP contribution is 2.51. The predicted octanol–water partition coefficient (Wildman–Crippen LogP) is 6.10. The van der Waals surface area contributed by atoms with Crippen LogP contribution in [0.25, 0.3) is 33.0 Å². The maximum atomic E-state index is 14.3. The third-order valence-corrected chi connectivity index (χ3v) is 7.70. The number of nitrogens with one attached hydrogen (secondary N) is 2. The first kappa shape index (κ1) is 21.5. The molecule has 2 aliphatic rings. The van der Waals surface area contributed by atoms with Gasteiger partial charge in [-0.05, 0) is 45.8 Å². The van der Waals surface area contributed by atoms with Crippen molar-refractivity contribution in [3.8, 4) is 5.75 Å². The summed E-state index contributed by atoms with van der Waals surface area (Å²) in [4.78, 5) is 22.9. The minimum absolute atomic E-state index is 0.0403. The average molecular weight is 540 g/mol. The van der Waals surface area contributed by atoms with Crippen molar-refractivity contribution in [2.24, 2.45) is 0 Å². The van der Waals surface area contributed by atoms with Gasteiger partial charge in [0.25, 0.3) is 5.91 Å². The van der Waals surface area contributed by atoms with E-state index in [1.54, 1.807) is 7.11 Å². The van der Waals surface area contributed by atoms with Gasteiger partial charge in [-0.2, -0.15) is 0 Å². The van der Waals surface area contributed by atoms with Crippen molar-refractivity contribution in [2.45, 2.75) is 18.9 Å². The zero-order valence-corrected chi connectivity index (χ0v) is 21.0. The van der Waals surface area contributed by atoms with Gasteiger partial charge in [0.1, 0.15) is 11.9 Å². The SMILES string of the molecule is COc1ccc(CN2C(=O)C(c3c[nH]c4ccccc34)=C(c3c(Br)[nH]c4ccccc34)C3OC32)cc1. The zero-order valence-electron chi connectivity index (χ0n) is 19.4. The Morgan fingerprint density at radius 3 is 2.47 bits per heavy atom.